The highest BCUT2D eigenvalue weighted by atomic mass is 16.5. The van der Waals surface area contributed by atoms with Gasteiger partial charge in [-0.15, -0.1) is 0 Å². The number of hydrogen-bond donors (Lipinski definition) is 0. The van der Waals surface area contributed by atoms with Gasteiger partial charge in [0.05, 0.1) is 25.2 Å². The number of carbonyl (C=O) groups is 1. The summed E-state index contributed by atoms with van der Waals surface area (Å²) in [6.45, 7) is 11.8. The van der Waals surface area contributed by atoms with Crippen LogP contribution in [0.3, 0.4) is 0 Å². The Labute approximate surface area is 155 Å². The van der Waals surface area contributed by atoms with Gasteiger partial charge in [-0.05, 0) is 37.7 Å². The number of rotatable bonds is 6. The molecule has 0 N–H and O–H groups in total. The number of hydrogen-bond acceptors (Lipinski definition) is 6. The lowest BCUT2D eigenvalue weighted by Gasteiger charge is -2.21. The molecule has 0 spiro atoms. The Morgan fingerprint density at radius 2 is 2.04 bits per heavy atom. The van der Waals surface area contributed by atoms with Gasteiger partial charge in [-0.2, -0.15) is 0 Å². The molecule has 6 heteroatoms. The van der Waals surface area contributed by atoms with Crippen LogP contribution >= 0.6 is 0 Å². The van der Waals surface area contributed by atoms with E-state index in [2.05, 4.69) is 39.7 Å². The van der Waals surface area contributed by atoms with E-state index in [9.17, 15) is 4.79 Å². The molecule has 0 unspecified atom stereocenters. The van der Waals surface area contributed by atoms with E-state index in [1.807, 2.05) is 6.08 Å². The molecule has 0 radical (unpaired) electrons. The van der Waals surface area contributed by atoms with Gasteiger partial charge in [0.2, 0.25) is 0 Å². The fourth-order valence-corrected chi connectivity index (χ4v) is 2.65. The number of esters is 1. The fraction of sp³-hybridized carbons (Fsp3) is 0.350. The molecule has 1 aliphatic rings. The third-order valence-electron chi connectivity index (χ3n) is 4.16. The molecular formula is C20H26N4O2. The Morgan fingerprint density at radius 1 is 1.23 bits per heavy atom. The van der Waals surface area contributed by atoms with Crippen LogP contribution in [0.25, 0.3) is 5.57 Å². The first-order chi connectivity index (χ1) is 12.5. The molecule has 2 rings (SSSR count). The van der Waals surface area contributed by atoms with Gasteiger partial charge in [-0.3, -0.25) is 4.98 Å². The molecule has 26 heavy (non-hydrogen) atoms. The first-order valence-electron chi connectivity index (χ1n) is 8.58. The summed E-state index contributed by atoms with van der Waals surface area (Å²) in [4.78, 5) is 24.9. The van der Waals surface area contributed by atoms with Crippen molar-refractivity contribution >= 4 is 17.4 Å². The summed E-state index contributed by atoms with van der Waals surface area (Å²) in [7, 11) is 3.47. The fourth-order valence-electron chi connectivity index (χ4n) is 2.65. The van der Waals surface area contributed by atoms with Crippen LogP contribution < -0.4 is 4.90 Å². The lowest BCUT2D eigenvalue weighted by Crippen LogP contribution is -2.29. The molecule has 0 aromatic carbocycles. The molecule has 1 aliphatic heterocycles. The van der Waals surface area contributed by atoms with Gasteiger partial charge >= 0.3 is 5.97 Å². The molecule has 1 saturated heterocycles. The van der Waals surface area contributed by atoms with E-state index in [-0.39, 0.29) is 0 Å². The van der Waals surface area contributed by atoms with E-state index in [0.717, 1.165) is 49.7 Å². The highest BCUT2D eigenvalue weighted by Gasteiger charge is 2.14. The molecule has 138 valence electrons. The molecule has 6 nitrogen and oxygen atoms in total. The van der Waals surface area contributed by atoms with Gasteiger partial charge in [0.25, 0.3) is 0 Å². The Hall–Kier alpha value is -2.73. The van der Waals surface area contributed by atoms with Crippen LogP contribution in [0.5, 0.6) is 0 Å². The second kappa shape index (κ2) is 9.68. The van der Waals surface area contributed by atoms with Crippen LogP contribution in [0.15, 0.2) is 55.4 Å². The summed E-state index contributed by atoms with van der Waals surface area (Å²) in [5.74, 6) is 0.439. The SMILES string of the molecule is C=C/C(=C\C(=C)/C=C/C(=O)OC)c1cncc(N2CCCN(C)CC2)n1. The maximum atomic E-state index is 11.2. The number of likely N-dealkylation sites (N-methyl/N-ethyl adjacent to an activating group) is 1. The van der Waals surface area contributed by atoms with Crippen LogP contribution in [-0.2, 0) is 9.53 Å². The van der Waals surface area contributed by atoms with Gasteiger partial charge in [0, 0.05) is 31.3 Å². The van der Waals surface area contributed by atoms with Crippen molar-refractivity contribution in [3.8, 4) is 0 Å². The number of ether oxygens (including phenoxy) is 1. The third kappa shape index (κ3) is 5.67. The maximum absolute atomic E-state index is 11.2. The van der Waals surface area contributed by atoms with Crippen molar-refractivity contribution in [2.24, 2.45) is 0 Å². The smallest absolute Gasteiger partial charge is 0.330 e. The highest BCUT2D eigenvalue weighted by molar-refractivity contribution is 5.83. The molecule has 0 amide bonds. The van der Waals surface area contributed by atoms with Crippen LogP contribution in [0.4, 0.5) is 5.82 Å². The van der Waals surface area contributed by atoms with Crippen molar-refractivity contribution in [1.29, 1.82) is 0 Å². The summed E-state index contributed by atoms with van der Waals surface area (Å²) in [6.07, 6.45) is 11.0. The zero-order valence-electron chi connectivity index (χ0n) is 15.5. The summed E-state index contributed by atoms with van der Waals surface area (Å²) in [5, 5.41) is 0. The van der Waals surface area contributed by atoms with Crippen molar-refractivity contribution in [1.82, 2.24) is 14.9 Å². The molecule has 0 bridgehead atoms. The normalized spacial score (nSPS) is 16.4. The quantitative estimate of drug-likeness (QED) is 0.444. The molecule has 0 aliphatic carbocycles. The molecule has 1 fully saturated rings. The minimum Gasteiger partial charge on any atom is -0.466 e. The second-order valence-corrected chi connectivity index (χ2v) is 6.14. The standard InChI is InChI=1S/C20H26N4O2/c1-5-17(13-16(2)7-8-20(25)26-4)18-14-21-15-19(22-18)24-10-6-9-23(3)11-12-24/h5,7-8,13-15H,1-2,6,9-12H2,3-4H3/b8-7+,17-13+. The van der Waals surface area contributed by atoms with E-state index >= 15 is 0 Å². The monoisotopic (exact) mass is 354 g/mol. The van der Waals surface area contributed by atoms with Crippen LogP contribution in [0.2, 0.25) is 0 Å². The summed E-state index contributed by atoms with van der Waals surface area (Å²) < 4.78 is 4.58. The van der Waals surface area contributed by atoms with Crippen LogP contribution in [0, 0.1) is 0 Å². The molecule has 0 saturated carbocycles. The number of carbonyl (C=O) groups excluding carboxylic acids is 1. The second-order valence-electron chi connectivity index (χ2n) is 6.14. The van der Waals surface area contributed by atoms with Crippen molar-refractivity contribution in [3.05, 3.63) is 61.1 Å². The first kappa shape index (κ1) is 19.6. The molecule has 2 heterocycles. The van der Waals surface area contributed by atoms with E-state index in [0.29, 0.717) is 5.57 Å². The zero-order chi connectivity index (χ0) is 18.9. The van der Waals surface area contributed by atoms with Crippen molar-refractivity contribution in [3.63, 3.8) is 0 Å². The van der Waals surface area contributed by atoms with E-state index < -0.39 is 5.97 Å². The Kier molecular flexibility index (Phi) is 7.29. The topological polar surface area (TPSA) is 58.6 Å². The number of anilines is 1. The van der Waals surface area contributed by atoms with Crippen LogP contribution in [0.1, 0.15) is 12.1 Å². The van der Waals surface area contributed by atoms with Crippen molar-refractivity contribution in [2.75, 3.05) is 45.2 Å². The molecule has 0 atom stereocenters. The zero-order valence-corrected chi connectivity index (χ0v) is 15.5. The maximum Gasteiger partial charge on any atom is 0.330 e. The Bertz CT molecular complexity index is 724. The van der Waals surface area contributed by atoms with Gasteiger partial charge in [0.1, 0.15) is 5.82 Å². The summed E-state index contributed by atoms with van der Waals surface area (Å²) >= 11 is 0. The average molecular weight is 354 g/mol. The number of aromatic nitrogens is 2. The largest absolute Gasteiger partial charge is 0.466 e. The Balaban J connectivity index is 2.19. The summed E-state index contributed by atoms with van der Waals surface area (Å²) in [5.41, 5.74) is 2.17. The predicted octanol–water partition coefficient (Wildman–Crippen LogP) is 2.47. The minimum atomic E-state index is -0.423. The van der Waals surface area contributed by atoms with Gasteiger partial charge in [-0.1, -0.05) is 19.2 Å². The van der Waals surface area contributed by atoms with Gasteiger partial charge in [0.15, 0.2) is 0 Å². The van der Waals surface area contributed by atoms with E-state index in [4.69, 9.17) is 4.98 Å². The van der Waals surface area contributed by atoms with Crippen molar-refractivity contribution in [2.45, 2.75) is 6.42 Å². The molecule has 1 aromatic rings. The third-order valence-corrected chi connectivity index (χ3v) is 4.16. The van der Waals surface area contributed by atoms with Gasteiger partial charge in [-0.25, -0.2) is 9.78 Å². The van der Waals surface area contributed by atoms with Gasteiger partial charge < -0.3 is 14.5 Å². The van der Waals surface area contributed by atoms with Crippen molar-refractivity contribution < 1.29 is 9.53 Å². The predicted molar refractivity (Wildman–Crippen MR) is 105 cm³/mol. The number of nitrogens with zero attached hydrogens (tertiary/aromatic N) is 4. The lowest BCUT2D eigenvalue weighted by molar-refractivity contribution is -0.134. The van der Waals surface area contributed by atoms with E-state index in [1.54, 1.807) is 24.5 Å². The van der Waals surface area contributed by atoms with Crippen LogP contribution in [-0.4, -0.2) is 61.2 Å². The van der Waals surface area contributed by atoms with E-state index in [1.165, 1.54) is 13.2 Å². The minimum absolute atomic E-state index is 0.423. The number of allylic oxidation sites excluding steroid dienone is 5. The molecule has 1 aromatic heterocycles. The number of methoxy groups -OCH3 is 1. The summed E-state index contributed by atoms with van der Waals surface area (Å²) in [6, 6.07) is 0. The Morgan fingerprint density at radius 3 is 2.77 bits per heavy atom. The average Bonchev–Trinajstić information content (AvgIpc) is 2.88. The molecular weight excluding hydrogens is 328 g/mol. The first-order valence-corrected chi connectivity index (χ1v) is 8.58. The lowest BCUT2D eigenvalue weighted by atomic mass is 10.1. The highest BCUT2D eigenvalue weighted by Crippen LogP contribution is 2.19.